The highest BCUT2D eigenvalue weighted by atomic mass is 16.1. The number of nitrogens with zero attached hydrogens (tertiary/aromatic N) is 2. The van der Waals surface area contributed by atoms with E-state index in [1.165, 1.54) is 32.1 Å². The maximum absolute atomic E-state index is 11.4. The number of rotatable bonds is 7. The van der Waals surface area contributed by atoms with Gasteiger partial charge in [0, 0.05) is 12.7 Å². The Labute approximate surface area is 96.5 Å². The average molecular weight is 223 g/mol. The summed E-state index contributed by atoms with van der Waals surface area (Å²) in [7, 11) is 0. The van der Waals surface area contributed by atoms with Gasteiger partial charge in [-0.15, -0.1) is 0 Å². The summed E-state index contributed by atoms with van der Waals surface area (Å²) in [5.74, 6) is 0.296. The minimum atomic E-state index is -0.242. The molecule has 0 aromatic carbocycles. The molecule has 0 saturated carbocycles. The Morgan fingerprint density at radius 3 is 2.62 bits per heavy atom. The summed E-state index contributed by atoms with van der Waals surface area (Å²) in [6, 6.07) is 1.67. The van der Waals surface area contributed by atoms with E-state index in [0.717, 1.165) is 13.0 Å². The van der Waals surface area contributed by atoms with E-state index in [-0.39, 0.29) is 5.69 Å². The van der Waals surface area contributed by atoms with Crippen LogP contribution in [0.2, 0.25) is 0 Å². The molecule has 4 nitrogen and oxygen atoms in total. The lowest BCUT2D eigenvalue weighted by Crippen LogP contribution is -2.23. The molecule has 0 aliphatic heterocycles. The zero-order valence-corrected chi connectivity index (χ0v) is 9.98. The molecule has 0 unspecified atom stereocenters. The summed E-state index contributed by atoms with van der Waals surface area (Å²) in [5, 5.41) is 0. The highest BCUT2D eigenvalue weighted by Crippen LogP contribution is 2.05. The molecule has 0 spiro atoms. The summed E-state index contributed by atoms with van der Waals surface area (Å²) in [4.78, 5) is 15.1. The molecule has 0 amide bonds. The van der Waals surface area contributed by atoms with Crippen molar-refractivity contribution in [1.82, 2.24) is 9.55 Å². The van der Waals surface area contributed by atoms with Crippen molar-refractivity contribution in [3.63, 3.8) is 0 Å². The van der Waals surface area contributed by atoms with Crippen LogP contribution in [0.15, 0.2) is 17.1 Å². The molecule has 1 aromatic heterocycles. The van der Waals surface area contributed by atoms with Crippen LogP contribution in [0.3, 0.4) is 0 Å². The number of aryl methyl sites for hydroxylation is 1. The van der Waals surface area contributed by atoms with Gasteiger partial charge in [-0.2, -0.15) is 4.98 Å². The Kier molecular flexibility index (Phi) is 5.61. The van der Waals surface area contributed by atoms with Crippen LogP contribution in [0.1, 0.15) is 45.4 Å². The van der Waals surface area contributed by atoms with E-state index in [1.54, 1.807) is 16.8 Å². The SMILES string of the molecule is CCCCCCCCn1ccc(N)nc1=O. The molecule has 0 saturated heterocycles. The number of nitrogens with two attached hydrogens (primary N) is 1. The molecule has 0 aliphatic carbocycles. The normalized spacial score (nSPS) is 10.6. The van der Waals surface area contributed by atoms with Crippen LogP contribution in [0, 0.1) is 0 Å². The van der Waals surface area contributed by atoms with Gasteiger partial charge in [0.25, 0.3) is 0 Å². The first-order valence-corrected chi connectivity index (χ1v) is 6.07. The number of nitrogen functional groups attached to an aromatic ring is 1. The molecule has 1 heterocycles. The smallest absolute Gasteiger partial charge is 0.349 e. The zero-order chi connectivity index (χ0) is 11.8. The Morgan fingerprint density at radius 2 is 1.94 bits per heavy atom. The fraction of sp³-hybridized carbons (Fsp3) is 0.667. The second kappa shape index (κ2) is 7.04. The maximum Gasteiger partial charge on any atom is 0.349 e. The summed E-state index contributed by atoms with van der Waals surface area (Å²) in [6.45, 7) is 2.96. The van der Waals surface area contributed by atoms with E-state index in [4.69, 9.17) is 5.73 Å². The van der Waals surface area contributed by atoms with Crippen molar-refractivity contribution in [3.8, 4) is 0 Å². The summed E-state index contributed by atoms with van der Waals surface area (Å²) < 4.78 is 1.62. The molecule has 0 radical (unpaired) electrons. The van der Waals surface area contributed by atoms with Gasteiger partial charge in [0.1, 0.15) is 5.82 Å². The predicted octanol–water partition coefficient (Wildman–Crippen LogP) is 2.19. The standard InChI is InChI=1S/C12H21N3O/c1-2-3-4-5-6-7-9-15-10-8-11(13)14-12(15)16/h8,10H,2-7,9H2,1H3,(H2,13,14,16). The van der Waals surface area contributed by atoms with Crippen LogP contribution in [0.5, 0.6) is 0 Å². The molecule has 2 N–H and O–H groups in total. The Bertz CT molecular complexity index is 360. The van der Waals surface area contributed by atoms with Crippen LogP contribution in [-0.2, 0) is 6.54 Å². The summed E-state index contributed by atoms with van der Waals surface area (Å²) >= 11 is 0. The first-order chi connectivity index (χ1) is 7.74. The molecule has 0 atom stereocenters. The molecule has 1 rings (SSSR count). The zero-order valence-electron chi connectivity index (χ0n) is 9.98. The highest BCUT2D eigenvalue weighted by molar-refractivity contribution is 5.23. The molecular weight excluding hydrogens is 202 g/mol. The lowest BCUT2D eigenvalue weighted by molar-refractivity contribution is 0.544. The van der Waals surface area contributed by atoms with Crippen LogP contribution in [0.4, 0.5) is 5.82 Å². The van der Waals surface area contributed by atoms with Gasteiger partial charge in [0.05, 0.1) is 0 Å². The third-order valence-corrected chi connectivity index (χ3v) is 2.65. The quantitative estimate of drug-likeness (QED) is 0.721. The van der Waals surface area contributed by atoms with Crippen LogP contribution < -0.4 is 11.4 Å². The van der Waals surface area contributed by atoms with Gasteiger partial charge in [-0.1, -0.05) is 39.0 Å². The van der Waals surface area contributed by atoms with Gasteiger partial charge in [0.2, 0.25) is 0 Å². The molecule has 1 aromatic rings. The van der Waals surface area contributed by atoms with Gasteiger partial charge in [-0.3, -0.25) is 4.57 Å². The lowest BCUT2D eigenvalue weighted by atomic mass is 10.1. The molecule has 4 heteroatoms. The fourth-order valence-corrected chi connectivity index (χ4v) is 1.67. The first-order valence-electron chi connectivity index (χ1n) is 6.07. The predicted molar refractivity (Wildman–Crippen MR) is 66.3 cm³/mol. The number of anilines is 1. The number of unbranched alkanes of at least 4 members (excludes halogenated alkanes) is 5. The van der Waals surface area contributed by atoms with Gasteiger partial charge >= 0.3 is 5.69 Å². The molecule has 16 heavy (non-hydrogen) atoms. The van der Waals surface area contributed by atoms with E-state index in [1.807, 2.05) is 0 Å². The first kappa shape index (κ1) is 12.7. The second-order valence-corrected chi connectivity index (χ2v) is 4.10. The molecule has 0 fully saturated rings. The van der Waals surface area contributed by atoms with Crippen LogP contribution >= 0.6 is 0 Å². The van der Waals surface area contributed by atoms with Crippen molar-refractivity contribution in [1.29, 1.82) is 0 Å². The summed E-state index contributed by atoms with van der Waals surface area (Å²) in [5.41, 5.74) is 5.17. The van der Waals surface area contributed by atoms with Gasteiger partial charge < -0.3 is 5.73 Å². The van der Waals surface area contributed by atoms with Crippen molar-refractivity contribution >= 4 is 5.82 Å². The van der Waals surface area contributed by atoms with E-state index in [0.29, 0.717) is 5.82 Å². The molecule has 0 aliphatic rings. The third kappa shape index (κ3) is 4.47. The largest absolute Gasteiger partial charge is 0.383 e. The van der Waals surface area contributed by atoms with Crippen molar-refractivity contribution in [2.45, 2.75) is 52.0 Å². The molecule has 90 valence electrons. The summed E-state index contributed by atoms with van der Waals surface area (Å²) in [6.07, 6.45) is 9.06. The number of hydrogen-bond donors (Lipinski definition) is 1. The van der Waals surface area contributed by atoms with E-state index in [2.05, 4.69) is 11.9 Å². The number of aromatic nitrogens is 2. The topological polar surface area (TPSA) is 60.9 Å². The van der Waals surface area contributed by atoms with Crippen molar-refractivity contribution in [2.75, 3.05) is 5.73 Å². The second-order valence-electron chi connectivity index (χ2n) is 4.10. The average Bonchev–Trinajstić information content (AvgIpc) is 2.26. The van der Waals surface area contributed by atoms with E-state index in [9.17, 15) is 4.79 Å². The van der Waals surface area contributed by atoms with Gasteiger partial charge in [0.15, 0.2) is 0 Å². The molecular formula is C12H21N3O. The Balaban J connectivity index is 2.24. The fourth-order valence-electron chi connectivity index (χ4n) is 1.67. The van der Waals surface area contributed by atoms with Gasteiger partial charge in [-0.05, 0) is 12.5 Å². The minimum absolute atomic E-state index is 0.242. The lowest BCUT2D eigenvalue weighted by Gasteiger charge is -2.04. The minimum Gasteiger partial charge on any atom is -0.383 e. The van der Waals surface area contributed by atoms with Crippen molar-refractivity contribution in [2.24, 2.45) is 0 Å². The highest BCUT2D eigenvalue weighted by Gasteiger charge is 1.97. The third-order valence-electron chi connectivity index (χ3n) is 2.65. The number of hydrogen-bond acceptors (Lipinski definition) is 3. The van der Waals surface area contributed by atoms with E-state index >= 15 is 0 Å². The van der Waals surface area contributed by atoms with Crippen molar-refractivity contribution < 1.29 is 0 Å². The molecule has 0 bridgehead atoms. The van der Waals surface area contributed by atoms with Crippen LogP contribution in [0.25, 0.3) is 0 Å². The Morgan fingerprint density at radius 1 is 1.25 bits per heavy atom. The van der Waals surface area contributed by atoms with Gasteiger partial charge in [-0.25, -0.2) is 4.79 Å². The maximum atomic E-state index is 11.4. The van der Waals surface area contributed by atoms with Crippen molar-refractivity contribution in [3.05, 3.63) is 22.7 Å². The van der Waals surface area contributed by atoms with E-state index < -0.39 is 0 Å². The monoisotopic (exact) mass is 223 g/mol. The Hall–Kier alpha value is -1.32. The van der Waals surface area contributed by atoms with Crippen LogP contribution in [-0.4, -0.2) is 9.55 Å².